The van der Waals surface area contributed by atoms with Crippen molar-refractivity contribution in [3.8, 4) is 5.75 Å². The lowest BCUT2D eigenvalue weighted by Gasteiger charge is -2.19. The Morgan fingerprint density at radius 2 is 1.76 bits per heavy atom. The highest BCUT2D eigenvalue weighted by Crippen LogP contribution is 2.23. The molecule has 0 saturated carbocycles. The second-order valence-electron chi connectivity index (χ2n) is 6.71. The van der Waals surface area contributed by atoms with Crippen LogP contribution in [0.1, 0.15) is 11.1 Å². The molecular weight excluding hydrogens is 418 g/mol. The summed E-state index contributed by atoms with van der Waals surface area (Å²) < 4.78 is 39.4. The molecule has 0 aromatic heterocycles. The van der Waals surface area contributed by atoms with Crippen LogP contribution in [0.2, 0.25) is 0 Å². The molecule has 156 valence electrons. The van der Waals surface area contributed by atoms with E-state index in [0.29, 0.717) is 24.4 Å². The molecule has 2 aromatic rings. The van der Waals surface area contributed by atoms with Gasteiger partial charge in [-0.15, -0.1) is 0 Å². The van der Waals surface area contributed by atoms with E-state index in [1.165, 1.54) is 4.90 Å². The van der Waals surface area contributed by atoms with Crippen molar-refractivity contribution in [1.29, 1.82) is 0 Å². The number of nitrogens with zero attached hydrogens (tertiary/aromatic N) is 1. The molecule has 29 heavy (non-hydrogen) atoms. The van der Waals surface area contributed by atoms with Crippen molar-refractivity contribution in [1.82, 2.24) is 4.90 Å². The molecule has 0 aliphatic carbocycles. The van der Waals surface area contributed by atoms with Gasteiger partial charge in [-0.25, -0.2) is 13.2 Å². The van der Waals surface area contributed by atoms with Gasteiger partial charge in [0.1, 0.15) is 24.6 Å². The van der Waals surface area contributed by atoms with E-state index >= 15 is 0 Å². The first-order valence-electron chi connectivity index (χ1n) is 9.00. The van der Waals surface area contributed by atoms with E-state index in [9.17, 15) is 13.2 Å². The van der Waals surface area contributed by atoms with Gasteiger partial charge in [-0.2, -0.15) is 0 Å². The van der Waals surface area contributed by atoms with Gasteiger partial charge in [-0.05, 0) is 23.3 Å². The Kier molecular flexibility index (Phi) is 7.00. The maximum absolute atomic E-state index is 12.4. The smallest absolute Gasteiger partial charge is 0.410 e. The summed E-state index contributed by atoms with van der Waals surface area (Å²) in [7, 11) is 3.21. The summed E-state index contributed by atoms with van der Waals surface area (Å²) in [6.45, 7) is 0.822. The molecule has 1 amide bonds. The van der Waals surface area contributed by atoms with Crippen LogP contribution in [0.3, 0.4) is 0 Å². The first-order chi connectivity index (χ1) is 13.8. The van der Waals surface area contributed by atoms with E-state index in [1.807, 2.05) is 30.3 Å². The molecule has 2 unspecified atom stereocenters. The van der Waals surface area contributed by atoms with Crippen molar-refractivity contribution in [3.05, 3.63) is 65.7 Å². The Morgan fingerprint density at radius 1 is 1.07 bits per heavy atom. The number of carbonyl (C=O) groups excluding carboxylic acids is 1. The number of hydrogen-bond donors (Lipinski definition) is 0. The minimum atomic E-state index is -3.66. The number of ether oxygens (including phenoxy) is 3. The summed E-state index contributed by atoms with van der Waals surface area (Å²) in [4.78, 5) is 13.9. The van der Waals surface area contributed by atoms with Crippen molar-refractivity contribution in [2.75, 3.05) is 20.2 Å². The number of hydrogen-bond acceptors (Lipinski definition) is 6. The second-order valence-corrected chi connectivity index (χ2v) is 9.48. The van der Waals surface area contributed by atoms with Crippen LogP contribution in [0.15, 0.2) is 54.6 Å². The highest BCUT2D eigenvalue weighted by Gasteiger charge is 2.38. The third-order valence-corrected chi connectivity index (χ3v) is 5.51. The van der Waals surface area contributed by atoms with E-state index < -0.39 is 21.2 Å². The summed E-state index contributed by atoms with van der Waals surface area (Å²) in [5, 5.41) is 0. The standard InChI is InChI=1S/C20H22ClNO6S/c1-26-18-11-22(20(23)27-13-15-6-3-2-4-7-15)12-19(18)28-17-9-5-8-16(10-17)14-29(21,24)25/h2-10,18-19H,11-14H2,1H3. The SMILES string of the molecule is COC1CN(C(=O)OCc2ccccc2)CC1Oc1cccc(CS(=O)(=O)Cl)c1. The molecule has 1 heterocycles. The van der Waals surface area contributed by atoms with E-state index in [0.717, 1.165) is 5.56 Å². The van der Waals surface area contributed by atoms with Crippen molar-refractivity contribution >= 4 is 25.8 Å². The zero-order chi connectivity index (χ0) is 20.9. The number of methoxy groups -OCH3 is 1. The molecule has 1 fully saturated rings. The Morgan fingerprint density at radius 3 is 2.45 bits per heavy atom. The lowest BCUT2D eigenvalue weighted by molar-refractivity contribution is 0.0338. The van der Waals surface area contributed by atoms with Gasteiger partial charge in [0.2, 0.25) is 9.05 Å². The van der Waals surface area contributed by atoms with Gasteiger partial charge in [0, 0.05) is 17.8 Å². The van der Waals surface area contributed by atoms with Crippen LogP contribution in [0, 0.1) is 0 Å². The second kappa shape index (κ2) is 9.47. The molecule has 2 aromatic carbocycles. The molecule has 0 N–H and O–H groups in total. The van der Waals surface area contributed by atoms with Gasteiger partial charge < -0.3 is 19.1 Å². The van der Waals surface area contributed by atoms with Crippen molar-refractivity contribution in [2.45, 2.75) is 24.6 Å². The number of carbonyl (C=O) groups is 1. The number of benzene rings is 2. The monoisotopic (exact) mass is 439 g/mol. The molecule has 1 aliphatic heterocycles. The van der Waals surface area contributed by atoms with Crippen molar-refractivity contribution < 1.29 is 27.4 Å². The van der Waals surface area contributed by atoms with Gasteiger partial charge in [-0.3, -0.25) is 0 Å². The van der Waals surface area contributed by atoms with E-state index in [4.69, 9.17) is 24.9 Å². The summed E-state index contributed by atoms with van der Waals surface area (Å²) in [6.07, 6.45) is -1.18. The van der Waals surface area contributed by atoms with Gasteiger partial charge in [-0.1, -0.05) is 42.5 Å². The maximum atomic E-state index is 12.4. The molecule has 0 spiro atoms. The summed E-state index contributed by atoms with van der Waals surface area (Å²) in [5.41, 5.74) is 1.42. The van der Waals surface area contributed by atoms with Crippen LogP contribution in [0.5, 0.6) is 5.75 Å². The molecule has 1 saturated heterocycles. The molecule has 0 bridgehead atoms. The first kappa shape index (κ1) is 21.4. The van der Waals surface area contributed by atoms with E-state index in [1.54, 1.807) is 31.4 Å². The molecule has 3 rings (SSSR count). The molecule has 9 heteroatoms. The normalized spacial score (nSPS) is 19.2. The molecule has 2 atom stereocenters. The fourth-order valence-corrected chi connectivity index (χ4v) is 4.08. The zero-order valence-electron chi connectivity index (χ0n) is 15.9. The number of halogens is 1. The average Bonchev–Trinajstić information content (AvgIpc) is 3.09. The van der Waals surface area contributed by atoms with Crippen molar-refractivity contribution in [2.24, 2.45) is 0 Å². The number of likely N-dealkylation sites (tertiary alicyclic amines) is 1. The van der Waals surface area contributed by atoms with Crippen LogP contribution in [0.4, 0.5) is 4.79 Å². The highest BCUT2D eigenvalue weighted by molar-refractivity contribution is 8.13. The maximum Gasteiger partial charge on any atom is 0.410 e. The number of rotatable bonds is 7. The van der Waals surface area contributed by atoms with Gasteiger partial charge in [0.15, 0.2) is 0 Å². The minimum Gasteiger partial charge on any atom is -0.486 e. The fourth-order valence-electron chi connectivity index (χ4n) is 3.13. The number of amides is 1. The van der Waals surface area contributed by atoms with Crippen LogP contribution in [0.25, 0.3) is 0 Å². The lowest BCUT2D eigenvalue weighted by Crippen LogP contribution is -2.32. The van der Waals surface area contributed by atoms with E-state index in [-0.39, 0.29) is 18.5 Å². The summed E-state index contributed by atoms with van der Waals surface area (Å²) >= 11 is 0. The van der Waals surface area contributed by atoms with Gasteiger partial charge in [0.25, 0.3) is 0 Å². The van der Waals surface area contributed by atoms with Gasteiger partial charge in [0.05, 0.1) is 18.8 Å². The first-order valence-corrected chi connectivity index (χ1v) is 11.5. The highest BCUT2D eigenvalue weighted by atomic mass is 35.7. The minimum absolute atomic E-state index is 0.189. The summed E-state index contributed by atoms with van der Waals surface area (Å²) in [6, 6.07) is 16.1. The van der Waals surface area contributed by atoms with E-state index in [2.05, 4.69) is 0 Å². The predicted molar refractivity (Wildman–Crippen MR) is 108 cm³/mol. The fraction of sp³-hybridized carbons (Fsp3) is 0.350. The summed E-state index contributed by atoms with van der Waals surface area (Å²) in [5.74, 6) is 0.191. The van der Waals surface area contributed by atoms with Crippen LogP contribution >= 0.6 is 10.7 Å². The van der Waals surface area contributed by atoms with Crippen molar-refractivity contribution in [3.63, 3.8) is 0 Å². The topological polar surface area (TPSA) is 82.1 Å². The Balaban J connectivity index is 1.60. The van der Waals surface area contributed by atoms with Crippen LogP contribution < -0.4 is 4.74 Å². The Bertz CT molecular complexity index is 937. The largest absolute Gasteiger partial charge is 0.486 e. The Labute approximate surface area is 174 Å². The third-order valence-electron chi connectivity index (χ3n) is 4.51. The molecule has 7 nitrogen and oxygen atoms in total. The molecule has 1 aliphatic rings. The zero-order valence-corrected chi connectivity index (χ0v) is 17.4. The van der Waals surface area contributed by atoms with Crippen LogP contribution in [-0.4, -0.2) is 51.8 Å². The predicted octanol–water partition coefficient (Wildman–Crippen LogP) is 3.17. The third kappa shape index (κ3) is 6.35. The van der Waals surface area contributed by atoms with Crippen LogP contribution in [-0.2, 0) is 30.9 Å². The quantitative estimate of drug-likeness (QED) is 0.616. The molecular formula is C20H22ClNO6S. The molecule has 0 radical (unpaired) electrons. The Hall–Kier alpha value is -2.29. The lowest BCUT2D eigenvalue weighted by atomic mass is 10.2. The average molecular weight is 440 g/mol. The van der Waals surface area contributed by atoms with Gasteiger partial charge >= 0.3 is 6.09 Å².